The number of Topliss-reactive ketones (excluding diaryl/α,β-unsaturated/α-hetero) is 1. The molecule has 108 valence electrons. The van der Waals surface area contributed by atoms with Crippen molar-refractivity contribution >= 4 is 5.78 Å². The number of ketones is 1. The Labute approximate surface area is 120 Å². The predicted octanol–water partition coefficient (Wildman–Crippen LogP) is 3.39. The Kier molecular flexibility index (Phi) is 3.68. The summed E-state index contributed by atoms with van der Waals surface area (Å²) in [5.41, 5.74) is 1.27. The molecule has 0 radical (unpaired) electrons. The van der Waals surface area contributed by atoms with Gasteiger partial charge in [-0.2, -0.15) is 0 Å². The molecular weight excluding hydrogens is 252 g/mol. The molecule has 0 N–H and O–H groups in total. The second kappa shape index (κ2) is 5.47. The van der Waals surface area contributed by atoms with Crippen molar-refractivity contribution in [2.24, 2.45) is 11.8 Å². The summed E-state index contributed by atoms with van der Waals surface area (Å²) in [6.07, 6.45) is 4.59. The first-order valence-electron chi connectivity index (χ1n) is 7.59. The van der Waals surface area contributed by atoms with Crippen molar-refractivity contribution in [2.45, 2.75) is 45.1 Å². The molecule has 3 nitrogen and oxygen atoms in total. The Morgan fingerprint density at radius 3 is 2.85 bits per heavy atom. The first kappa shape index (κ1) is 13.5. The second-order valence-corrected chi connectivity index (χ2v) is 5.90. The van der Waals surface area contributed by atoms with Crippen molar-refractivity contribution in [1.82, 2.24) is 0 Å². The van der Waals surface area contributed by atoms with Crippen molar-refractivity contribution in [1.29, 1.82) is 0 Å². The molecule has 3 heteroatoms. The number of carbonyl (C=O) groups excluding carboxylic acids is 1. The molecule has 0 saturated heterocycles. The largest absolute Gasteiger partial charge is 0.493 e. The maximum absolute atomic E-state index is 12.3. The third-order valence-corrected chi connectivity index (χ3v) is 4.83. The Morgan fingerprint density at radius 2 is 2.10 bits per heavy atom. The van der Waals surface area contributed by atoms with Crippen molar-refractivity contribution in [3.8, 4) is 11.5 Å². The Hall–Kier alpha value is -1.51. The van der Waals surface area contributed by atoms with Gasteiger partial charge in [-0.05, 0) is 49.3 Å². The summed E-state index contributed by atoms with van der Waals surface area (Å²) in [5, 5.41) is 0. The normalized spacial score (nSPS) is 28.9. The van der Waals surface area contributed by atoms with Crippen LogP contribution >= 0.6 is 0 Å². The minimum Gasteiger partial charge on any atom is -0.493 e. The van der Waals surface area contributed by atoms with Crippen LogP contribution < -0.4 is 9.47 Å². The average molecular weight is 274 g/mol. The first-order chi connectivity index (χ1) is 9.72. The van der Waals surface area contributed by atoms with Crippen LogP contribution in [0.5, 0.6) is 11.5 Å². The van der Waals surface area contributed by atoms with Gasteiger partial charge >= 0.3 is 0 Å². The fourth-order valence-corrected chi connectivity index (χ4v) is 3.69. The molecule has 1 heterocycles. The minimum absolute atomic E-state index is 0.252. The van der Waals surface area contributed by atoms with E-state index in [1.165, 1.54) is 5.56 Å². The highest BCUT2D eigenvalue weighted by atomic mass is 16.5. The number of carbonyl (C=O) groups is 1. The van der Waals surface area contributed by atoms with E-state index in [9.17, 15) is 4.79 Å². The number of ether oxygens (including phenoxy) is 2. The van der Waals surface area contributed by atoms with Gasteiger partial charge in [0.2, 0.25) is 0 Å². The Bertz CT molecular complexity index is 509. The third kappa shape index (κ3) is 2.30. The Morgan fingerprint density at radius 1 is 1.30 bits per heavy atom. The number of hydrogen-bond acceptors (Lipinski definition) is 3. The minimum atomic E-state index is -0.291. The lowest BCUT2D eigenvalue weighted by Gasteiger charge is -2.36. The predicted molar refractivity (Wildman–Crippen MR) is 77.2 cm³/mol. The van der Waals surface area contributed by atoms with Crippen LogP contribution in [-0.2, 0) is 11.2 Å². The highest BCUT2D eigenvalue weighted by Crippen LogP contribution is 2.40. The van der Waals surface area contributed by atoms with Crippen LogP contribution in [0, 0.1) is 11.8 Å². The van der Waals surface area contributed by atoms with E-state index in [0.717, 1.165) is 37.2 Å². The molecule has 0 spiro atoms. The van der Waals surface area contributed by atoms with E-state index in [-0.39, 0.29) is 11.9 Å². The van der Waals surface area contributed by atoms with Crippen LogP contribution in [0.25, 0.3) is 0 Å². The number of fused-ring (bicyclic) bond motifs is 4. The van der Waals surface area contributed by atoms with Crippen molar-refractivity contribution in [3.63, 3.8) is 0 Å². The van der Waals surface area contributed by atoms with E-state index in [1.54, 1.807) is 7.11 Å². The number of benzene rings is 1. The summed E-state index contributed by atoms with van der Waals surface area (Å²) in [5.74, 6) is 2.64. The molecule has 4 bridgehead atoms. The topological polar surface area (TPSA) is 35.5 Å². The van der Waals surface area contributed by atoms with Gasteiger partial charge in [-0.15, -0.1) is 0 Å². The van der Waals surface area contributed by atoms with Gasteiger partial charge < -0.3 is 9.47 Å². The zero-order valence-electron chi connectivity index (χ0n) is 12.2. The van der Waals surface area contributed by atoms with E-state index in [4.69, 9.17) is 9.47 Å². The van der Waals surface area contributed by atoms with Crippen LogP contribution in [0.2, 0.25) is 0 Å². The van der Waals surface area contributed by atoms with E-state index in [2.05, 4.69) is 13.0 Å². The number of rotatable bonds is 2. The molecule has 3 unspecified atom stereocenters. The quantitative estimate of drug-likeness (QED) is 0.829. The van der Waals surface area contributed by atoms with Crippen LogP contribution in [0.4, 0.5) is 0 Å². The monoisotopic (exact) mass is 274 g/mol. The fraction of sp³-hybridized carbons (Fsp3) is 0.588. The SMILES string of the molecule is CCC1C2CCC(=O)C1Oc1cc(ccc1OC)CC2. The van der Waals surface area contributed by atoms with Gasteiger partial charge in [0.1, 0.15) is 0 Å². The number of methoxy groups -OCH3 is 1. The molecule has 3 atom stereocenters. The molecule has 0 amide bonds. The molecule has 1 saturated carbocycles. The van der Waals surface area contributed by atoms with Crippen LogP contribution in [0.1, 0.15) is 38.2 Å². The molecule has 3 rings (SSSR count). The highest BCUT2D eigenvalue weighted by Gasteiger charge is 2.39. The number of aryl methyl sites for hydroxylation is 1. The fourth-order valence-electron chi connectivity index (χ4n) is 3.69. The van der Waals surface area contributed by atoms with Gasteiger partial charge in [-0.1, -0.05) is 13.0 Å². The van der Waals surface area contributed by atoms with Crippen molar-refractivity contribution in [3.05, 3.63) is 23.8 Å². The molecule has 1 aliphatic heterocycles. The molecule has 1 fully saturated rings. The molecule has 1 aromatic carbocycles. The van der Waals surface area contributed by atoms with E-state index in [0.29, 0.717) is 18.3 Å². The molecule has 0 aromatic heterocycles. The summed E-state index contributed by atoms with van der Waals surface area (Å²) in [7, 11) is 1.64. The van der Waals surface area contributed by atoms with Gasteiger partial charge in [-0.3, -0.25) is 4.79 Å². The third-order valence-electron chi connectivity index (χ3n) is 4.83. The zero-order valence-corrected chi connectivity index (χ0v) is 12.2. The zero-order chi connectivity index (χ0) is 14.1. The Balaban J connectivity index is 2.01. The summed E-state index contributed by atoms with van der Waals surface area (Å²) in [6, 6.07) is 6.09. The first-order valence-corrected chi connectivity index (χ1v) is 7.59. The van der Waals surface area contributed by atoms with E-state index in [1.807, 2.05) is 12.1 Å². The van der Waals surface area contributed by atoms with E-state index < -0.39 is 0 Å². The summed E-state index contributed by atoms with van der Waals surface area (Å²) < 4.78 is 11.5. The lowest BCUT2D eigenvalue weighted by molar-refractivity contribution is -0.133. The van der Waals surface area contributed by atoms with Gasteiger partial charge in [-0.25, -0.2) is 0 Å². The van der Waals surface area contributed by atoms with Crippen molar-refractivity contribution in [2.75, 3.05) is 7.11 Å². The summed E-state index contributed by atoms with van der Waals surface area (Å²) >= 11 is 0. The molecular formula is C17H22O3. The summed E-state index contributed by atoms with van der Waals surface area (Å²) in [4.78, 5) is 12.3. The van der Waals surface area contributed by atoms with E-state index >= 15 is 0 Å². The molecule has 2 aliphatic rings. The lowest BCUT2D eigenvalue weighted by Crippen LogP contribution is -2.43. The van der Waals surface area contributed by atoms with Crippen LogP contribution in [0.15, 0.2) is 18.2 Å². The van der Waals surface area contributed by atoms with Crippen molar-refractivity contribution < 1.29 is 14.3 Å². The van der Waals surface area contributed by atoms with Gasteiger partial charge in [0, 0.05) is 12.3 Å². The maximum Gasteiger partial charge on any atom is 0.173 e. The van der Waals surface area contributed by atoms with Gasteiger partial charge in [0.05, 0.1) is 7.11 Å². The molecule has 20 heavy (non-hydrogen) atoms. The lowest BCUT2D eigenvalue weighted by atomic mass is 9.73. The maximum atomic E-state index is 12.3. The second-order valence-electron chi connectivity index (χ2n) is 5.90. The molecule has 1 aromatic rings. The summed E-state index contributed by atoms with van der Waals surface area (Å²) in [6.45, 7) is 2.16. The van der Waals surface area contributed by atoms with Crippen LogP contribution in [-0.4, -0.2) is 19.0 Å². The smallest absolute Gasteiger partial charge is 0.173 e. The molecule has 1 aliphatic carbocycles. The average Bonchev–Trinajstić information content (AvgIpc) is 2.51. The standard InChI is InChI=1S/C17H22O3/c1-3-13-12-6-4-11-5-9-15(19-2)16(10-11)20-17(13)14(18)8-7-12/h5,9-10,12-13,17H,3-4,6-8H2,1-2H3. The number of hydrogen-bond donors (Lipinski definition) is 0. The van der Waals surface area contributed by atoms with Gasteiger partial charge in [0.15, 0.2) is 23.4 Å². The van der Waals surface area contributed by atoms with Crippen LogP contribution in [0.3, 0.4) is 0 Å². The van der Waals surface area contributed by atoms with Gasteiger partial charge in [0.25, 0.3) is 0 Å². The highest BCUT2D eigenvalue weighted by molar-refractivity contribution is 5.84.